The average Bonchev–Trinajstić information content (AvgIpc) is 2.92. The lowest BCUT2D eigenvalue weighted by Crippen LogP contribution is -2.03. The zero-order valence-corrected chi connectivity index (χ0v) is 16.7. The average molecular weight is 413 g/mol. The Bertz CT molecular complexity index is 927. The number of carbonyl (C=O) groups excluding carboxylic acids is 1. The Labute approximate surface area is 163 Å². The number of aryl methyl sites for hydroxylation is 1. The zero-order chi connectivity index (χ0) is 18.0. The number of rotatable bonds is 5. The lowest BCUT2D eigenvalue weighted by molar-refractivity contribution is 0.0531. The molecule has 4 nitrogen and oxygen atoms in total. The van der Waals surface area contributed by atoms with E-state index in [1.165, 1.54) is 11.3 Å². The van der Waals surface area contributed by atoms with E-state index in [4.69, 9.17) is 27.9 Å². The minimum atomic E-state index is -0.351. The topological polar surface area (TPSA) is 52.1 Å². The van der Waals surface area contributed by atoms with Crippen LogP contribution in [0.25, 0.3) is 10.2 Å². The number of aromatic nitrogens is 2. The minimum Gasteiger partial charge on any atom is -0.462 e. The summed E-state index contributed by atoms with van der Waals surface area (Å²) < 4.78 is 5.09. The monoisotopic (exact) mass is 412 g/mol. The number of fused-ring (bicyclic) bond motifs is 1. The molecular weight excluding hydrogens is 399 g/mol. The van der Waals surface area contributed by atoms with E-state index in [1.54, 1.807) is 18.7 Å². The molecule has 0 radical (unpaired) electrons. The fourth-order valence-corrected chi connectivity index (χ4v) is 4.62. The molecule has 3 rings (SSSR count). The number of nitrogens with zero attached hydrogens (tertiary/aromatic N) is 2. The molecule has 2 aromatic heterocycles. The second kappa shape index (κ2) is 7.91. The van der Waals surface area contributed by atoms with Crippen LogP contribution in [0.5, 0.6) is 0 Å². The van der Waals surface area contributed by atoms with Gasteiger partial charge in [-0.1, -0.05) is 23.2 Å². The van der Waals surface area contributed by atoms with Crippen LogP contribution in [0.1, 0.15) is 28.0 Å². The van der Waals surface area contributed by atoms with E-state index in [-0.39, 0.29) is 5.97 Å². The molecule has 2 heterocycles. The number of ether oxygens (including phenoxy) is 1. The van der Waals surface area contributed by atoms with Gasteiger partial charge in [0, 0.05) is 9.92 Å². The summed E-state index contributed by atoms with van der Waals surface area (Å²) in [5.74, 6) is 0.841. The van der Waals surface area contributed by atoms with Gasteiger partial charge < -0.3 is 4.74 Å². The molecule has 0 saturated heterocycles. The van der Waals surface area contributed by atoms with Gasteiger partial charge in [-0.3, -0.25) is 0 Å². The minimum absolute atomic E-state index is 0.328. The van der Waals surface area contributed by atoms with Crippen molar-refractivity contribution in [2.75, 3.05) is 6.61 Å². The van der Waals surface area contributed by atoms with Crippen molar-refractivity contribution in [3.63, 3.8) is 0 Å². The summed E-state index contributed by atoms with van der Waals surface area (Å²) in [4.78, 5) is 23.3. The summed E-state index contributed by atoms with van der Waals surface area (Å²) in [5.41, 5.74) is 0.764. The maximum atomic E-state index is 12.1. The van der Waals surface area contributed by atoms with Crippen LogP contribution in [-0.2, 0) is 10.5 Å². The molecule has 0 aliphatic rings. The molecule has 0 spiro atoms. The zero-order valence-electron chi connectivity index (χ0n) is 13.5. The smallest absolute Gasteiger partial charge is 0.348 e. The van der Waals surface area contributed by atoms with Crippen LogP contribution >= 0.6 is 46.3 Å². The molecule has 0 unspecified atom stereocenters. The summed E-state index contributed by atoms with van der Waals surface area (Å²) >= 11 is 15.1. The molecule has 8 heteroatoms. The first kappa shape index (κ1) is 18.5. The molecule has 0 N–H and O–H groups in total. The van der Waals surface area contributed by atoms with Crippen LogP contribution in [-0.4, -0.2) is 22.5 Å². The Morgan fingerprint density at radius 3 is 2.64 bits per heavy atom. The first-order valence-electron chi connectivity index (χ1n) is 7.50. The molecule has 0 amide bonds. The Hall–Kier alpha value is -1.34. The summed E-state index contributed by atoms with van der Waals surface area (Å²) in [7, 11) is 0. The van der Waals surface area contributed by atoms with Crippen molar-refractivity contribution in [3.8, 4) is 0 Å². The fourth-order valence-electron chi connectivity index (χ4n) is 2.27. The van der Waals surface area contributed by atoms with Crippen molar-refractivity contribution in [3.05, 3.63) is 50.7 Å². The molecule has 0 aliphatic carbocycles. The number of halogens is 2. The summed E-state index contributed by atoms with van der Waals surface area (Å²) in [6, 6.07) is 7.58. The highest BCUT2D eigenvalue weighted by Crippen LogP contribution is 2.35. The van der Waals surface area contributed by atoms with E-state index in [9.17, 15) is 4.79 Å². The highest BCUT2D eigenvalue weighted by molar-refractivity contribution is 7.98. The van der Waals surface area contributed by atoms with Crippen molar-refractivity contribution in [2.45, 2.75) is 24.5 Å². The number of thiophene rings is 1. The fraction of sp³-hybridized carbons (Fsp3) is 0.235. The second-order valence-corrected chi connectivity index (χ2v) is 7.97. The van der Waals surface area contributed by atoms with Gasteiger partial charge in [0.25, 0.3) is 0 Å². The van der Waals surface area contributed by atoms with Crippen LogP contribution < -0.4 is 0 Å². The predicted molar refractivity (Wildman–Crippen MR) is 104 cm³/mol. The number of benzene rings is 1. The third kappa shape index (κ3) is 4.08. The molecule has 1 aromatic carbocycles. The van der Waals surface area contributed by atoms with E-state index in [2.05, 4.69) is 9.97 Å². The van der Waals surface area contributed by atoms with Gasteiger partial charge in [0.05, 0.1) is 17.7 Å². The van der Waals surface area contributed by atoms with E-state index in [0.29, 0.717) is 38.1 Å². The van der Waals surface area contributed by atoms with Crippen molar-refractivity contribution in [1.29, 1.82) is 0 Å². The van der Waals surface area contributed by atoms with Gasteiger partial charge in [0.15, 0.2) is 0 Å². The first-order valence-corrected chi connectivity index (χ1v) is 10.1. The maximum absolute atomic E-state index is 12.1. The van der Waals surface area contributed by atoms with Crippen LogP contribution in [0, 0.1) is 6.92 Å². The normalized spacial score (nSPS) is 11.0. The Kier molecular flexibility index (Phi) is 5.84. The lowest BCUT2D eigenvalue weighted by atomic mass is 10.2. The van der Waals surface area contributed by atoms with E-state index in [1.807, 2.05) is 31.2 Å². The summed E-state index contributed by atoms with van der Waals surface area (Å²) in [6.45, 7) is 3.94. The molecule has 3 aromatic rings. The van der Waals surface area contributed by atoms with Crippen molar-refractivity contribution >= 4 is 62.5 Å². The SMILES string of the molecule is CCOC(=O)c1sc2nc(CSc3ccc(Cl)cc3)nc(Cl)c2c1C. The molecular formula is C17H14Cl2N2O2S2. The molecule has 0 saturated carbocycles. The van der Waals surface area contributed by atoms with Gasteiger partial charge in [-0.05, 0) is 43.7 Å². The largest absolute Gasteiger partial charge is 0.462 e. The van der Waals surface area contributed by atoms with Gasteiger partial charge in [-0.15, -0.1) is 23.1 Å². The van der Waals surface area contributed by atoms with Crippen LogP contribution in [0.15, 0.2) is 29.2 Å². The highest BCUT2D eigenvalue weighted by Gasteiger charge is 2.20. The lowest BCUT2D eigenvalue weighted by Gasteiger charge is -2.03. The Morgan fingerprint density at radius 2 is 1.96 bits per heavy atom. The summed E-state index contributed by atoms with van der Waals surface area (Å²) in [6.07, 6.45) is 0. The number of hydrogen-bond donors (Lipinski definition) is 0. The van der Waals surface area contributed by atoms with E-state index < -0.39 is 0 Å². The highest BCUT2D eigenvalue weighted by atomic mass is 35.5. The molecule has 130 valence electrons. The second-order valence-electron chi connectivity index (χ2n) is 5.13. The third-order valence-electron chi connectivity index (χ3n) is 3.43. The van der Waals surface area contributed by atoms with Crippen molar-refractivity contribution in [1.82, 2.24) is 9.97 Å². The molecule has 0 aliphatic heterocycles. The van der Waals surface area contributed by atoms with Gasteiger partial charge in [-0.2, -0.15) is 0 Å². The van der Waals surface area contributed by atoms with Crippen molar-refractivity contribution < 1.29 is 9.53 Å². The van der Waals surface area contributed by atoms with Gasteiger partial charge in [0.1, 0.15) is 20.7 Å². The molecule has 25 heavy (non-hydrogen) atoms. The molecule has 0 bridgehead atoms. The van der Waals surface area contributed by atoms with E-state index in [0.717, 1.165) is 15.8 Å². The van der Waals surface area contributed by atoms with Crippen LogP contribution in [0.4, 0.5) is 0 Å². The summed E-state index contributed by atoms with van der Waals surface area (Å²) in [5, 5.41) is 1.78. The van der Waals surface area contributed by atoms with Gasteiger partial charge >= 0.3 is 5.97 Å². The van der Waals surface area contributed by atoms with Crippen LogP contribution in [0.2, 0.25) is 10.2 Å². The maximum Gasteiger partial charge on any atom is 0.348 e. The Balaban J connectivity index is 1.88. The van der Waals surface area contributed by atoms with Crippen LogP contribution in [0.3, 0.4) is 0 Å². The van der Waals surface area contributed by atoms with Gasteiger partial charge in [-0.25, -0.2) is 14.8 Å². The van der Waals surface area contributed by atoms with Crippen molar-refractivity contribution in [2.24, 2.45) is 0 Å². The number of thioether (sulfide) groups is 1. The quantitative estimate of drug-likeness (QED) is 0.302. The van der Waals surface area contributed by atoms with Gasteiger partial charge in [0.2, 0.25) is 0 Å². The van der Waals surface area contributed by atoms with E-state index >= 15 is 0 Å². The molecule has 0 atom stereocenters. The number of hydrogen-bond acceptors (Lipinski definition) is 6. The Morgan fingerprint density at radius 1 is 1.24 bits per heavy atom. The number of carbonyl (C=O) groups is 1. The first-order chi connectivity index (χ1) is 12.0. The standard InChI is InChI=1S/C17H14Cl2N2O2S2/c1-3-23-17(22)14-9(2)13-15(19)20-12(21-16(13)25-14)8-24-11-6-4-10(18)5-7-11/h4-7H,3,8H2,1-2H3. The third-order valence-corrected chi connectivity index (χ3v) is 6.13. The number of esters is 1. The molecule has 0 fully saturated rings. The predicted octanol–water partition coefficient (Wildman–Crippen LogP) is 5.78.